The highest BCUT2D eigenvalue weighted by Crippen LogP contribution is 2.31. The number of aliphatic hydroxyl groups excluding tert-OH is 2. The molecular weight excluding hydrogens is 228 g/mol. The van der Waals surface area contributed by atoms with E-state index in [1.807, 2.05) is 13.8 Å². The summed E-state index contributed by atoms with van der Waals surface area (Å²) in [5.41, 5.74) is -0.529. The zero-order valence-electron chi connectivity index (χ0n) is 10.4. The van der Waals surface area contributed by atoms with Gasteiger partial charge in [-0.05, 0) is 25.2 Å². The van der Waals surface area contributed by atoms with Crippen LogP contribution in [0.1, 0.15) is 33.1 Å². The summed E-state index contributed by atoms with van der Waals surface area (Å²) in [6.07, 6.45) is 2.96. The third-order valence-corrected chi connectivity index (χ3v) is 3.76. The van der Waals surface area contributed by atoms with Crippen LogP contribution in [0.4, 0.5) is 0 Å². The summed E-state index contributed by atoms with van der Waals surface area (Å²) in [4.78, 5) is 0. The monoisotopic (exact) mass is 252 g/mol. The van der Waals surface area contributed by atoms with Gasteiger partial charge < -0.3 is 10.2 Å². The van der Waals surface area contributed by atoms with Gasteiger partial charge in [0.05, 0.1) is 13.2 Å². The van der Waals surface area contributed by atoms with Gasteiger partial charge in [-0.25, -0.2) is 8.42 Å². The lowest BCUT2D eigenvalue weighted by molar-refractivity contribution is 0.0292. The molecule has 0 rings (SSSR count). The van der Waals surface area contributed by atoms with E-state index >= 15 is 0 Å². The standard InChI is InChI=1S/C11H24O4S/c1-10(2)7-11(8-12,9-13)5-4-6-16(3,14)15/h10,12-13H,4-9H2,1-3H3. The van der Waals surface area contributed by atoms with Gasteiger partial charge >= 0.3 is 0 Å². The molecule has 0 aromatic heterocycles. The van der Waals surface area contributed by atoms with E-state index < -0.39 is 15.3 Å². The average Bonchev–Trinajstić information content (AvgIpc) is 2.13. The van der Waals surface area contributed by atoms with E-state index in [1.54, 1.807) is 0 Å². The Kier molecular flexibility index (Phi) is 6.51. The van der Waals surface area contributed by atoms with Crippen molar-refractivity contribution >= 4 is 9.84 Å². The summed E-state index contributed by atoms with van der Waals surface area (Å²) >= 11 is 0. The van der Waals surface area contributed by atoms with Crippen molar-refractivity contribution in [3.05, 3.63) is 0 Å². The molecule has 0 aromatic rings. The van der Waals surface area contributed by atoms with E-state index in [9.17, 15) is 18.6 Å². The van der Waals surface area contributed by atoms with Crippen LogP contribution in [-0.4, -0.2) is 43.9 Å². The van der Waals surface area contributed by atoms with Gasteiger partial charge in [0, 0.05) is 17.4 Å². The molecule has 0 bridgehead atoms. The van der Waals surface area contributed by atoms with Crippen LogP contribution in [0.3, 0.4) is 0 Å². The maximum absolute atomic E-state index is 11.0. The van der Waals surface area contributed by atoms with E-state index in [1.165, 1.54) is 6.26 Å². The fraction of sp³-hybridized carbons (Fsp3) is 1.00. The lowest BCUT2D eigenvalue weighted by Crippen LogP contribution is -2.32. The van der Waals surface area contributed by atoms with Gasteiger partial charge in [-0.1, -0.05) is 13.8 Å². The molecule has 0 unspecified atom stereocenters. The summed E-state index contributed by atoms with van der Waals surface area (Å²) in [6.45, 7) is 3.87. The fourth-order valence-electron chi connectivity index (χ4n) is 2.01. The van der Waals surface area contributed by atoms with Crippen molar-refractivity contribution in [1.82, 2.24) is 0 Å². The molecule has 0 amide bonds. The molecule has 0 atom stereocenters. The van der Waals surface area contributed by atoms with Crippen LogP contribution in [0.25, 0.3) is 0 Å². The van der Waals surface area contributed by atoms with Gasteiger partial charge in [0.25, 0.3) is 0 Å². The molecular formula is C11H24O4S. The van der Waals surface area contributed by atoms with Crippen molar-refractivity contribution < 1.29 is 18.6 Å². The zero-order valence-corrected chi connectivity index (χ0v) is 11.3. The summed E-state index contributed by atoms with van der Waals surface area (Å²) in [7, 11) is -2.95. The Morgan fingerprint density at radius 3 is 2.00 bits per heavy atom. The smallest absolute Gasteiger partial charge is 0.147 e. The van der Waals surface area contributed by atoms with E-state index in [2.05, 4.69) is 0 Å². The van der Waals surface area contributed by atoms with Crippen molar-refractivity contribution in [3.63, 3.8) is 0 Å². The summed E-state index contributed by atoms with van der Waals surface area (Å²) in [5.74, 6) is 0.491. The lowest BCUT2D eigenvalue weighted by atomic mass is 9.78. The highest BCUT2D eigenvalue weighted by Gasteiger charge is 2.29. The number of hydrogen-bond donors (Lipinski definition) is 2. The normalized spacial score (nSPS) is 13.4. The number of rotatable bonds is 8. The van der Waals surface area contributed by atoms with Crippen LogP contribution in [0.2, 0.25) is 0 Å². The van der Waals surface area contributed by atoms with Crippen LogP contribution in [0.15, 0.2) is 0 Å². The maximum Gasteiger partial charge on any atom is 0.147 e. The molecule has 5 heteroatoms. The van der Waals surface area contributed by atoms with E-state index in [4.69, 9.17) is 0 Å². The quantitative estimate of drug-likeness (QED) is 0.671. The van der Waals surface area contributed by atoms with Crippen LogP contribution in [0.5, 0.6) is 0 Å². The molecule has 0 radical (unpaired) electrons. The minimum atomic E-state index is -2.95. The highest BCUT2D eigenvalue weighted by molar-refractivity contribution is 7.90. The lowest BCUT2D eigenvalue weighted by Gasteiger charge is -2.31. The number of hydrogen-bond acceptors (Lipinski definition) is 4. The molecule has 16 heavy (non-hydrogen) atoms. The molecule has 4 nitrogen and oxygen atoms in total. The molecule has 0 aromatic carbocycles. The first-order chi connectivity index (χ1) is 7.24. The van der Waals surface area contributed by atoms with E-state index in [0.29, 0.717) is 25.2 Å². The molecule has 0 saturated carbocycles. The second-order valence-electron chi connectivity index (χ2n) is 5.15. The van der Waals surface area contributed by atoms with Crippen LogP contribution >= 0.6 is 0 Å². The first kappa shape index (κ1) is 15.9. The fourth-order valence-corrected chi connectivity index (χ4v) is 2.68. The number of aliphatic hydroxyl groups is 2. The summed E-state index contributed by atoms with van der Waals surface area (Å²) < 4.78 is 22.0. The molecule has 0 spiro atoms. The molecule has 0 fully saturated rings. The molecule has 0 aliphatic carbocycles. The first-order valence-corrected chi connectivity index (χ1v) is 7.70. The van der Waals surface area contributed by atoms with Gasteiger partial charge in [-0.3, -0.25) is 0 Å². The van der Waals surface area contributed by atoms with Gasteiger partial charge in [0.1, 0.15) is 9.84 Å². The largest absolute Gasteiger partial charge is 0.396 e. The van der Waals surface area contributed by atoms with Crippen molar-refractivity contribution in [2.24, 2.45) is 11.3 Å². The molecule has 0 aliphatic heterocycles. The zero-order chi connectivity index (χ0) is 12.8. The average molecular weight is 252 g/mol. The molecule has 0 saturated heterocycles. The van der Waals surface area contributed by atoms with Gasteiger partial charge in [-0.15, -0.1) is 0 Å². The van der Waals surface area contributed by atoms with Gasteiger partial charge in [0.2, 0.25) is 0 Å². The van der Waals surface area contributed by atoms with Crippen LogP contribution in [0, 0.1) is 11.3 Å². The van der Waals surface area contributed by atoms with Crippen molar-refractivity contribution in [1.29, 1.82) is 0 Å². The predicted octanol–water partition coefficient (Wildman–Crippen LogP) is 0.828. The van der Waals surface area contributed by atoms with Crippen molar-refractivity contribution in [2.75, 3.05) is 25.2 Å². The van der Waals surface area contributed by atoms with Crippen molar-refractivity contribution in [3.8, 4) is 0 Å². The maximum atomic E-state index is 11.0. The second-order valence-corrected chi connectivity index (χ2v) is 7.41. The SMILES string of the molecule is CC(C)CC(CO)(CO)CCCS(C)(=O)=O. The van der Waals surface area contributed by atoms with Gasteiger partial charge in [0.15, 0.2) is 0 Å². The Hall–Kier alpha value is -0.130. The molecule has 0 aliphatic rings. The Labute approximate surface area is 98.6 Å². The Bertz CT molecular complexity index is 278. The minimum absolute atomic E-state index is 0.0918. The molecule has 0 heterocycles. The summed E-state index contributed by atoms with van der Waals surface area (Å²) in [5, 5.41) is 18.7. The van der Waals surface area contributed by atoms with Crippen LogP contribution < -0.4 is 0 Å². The Morgan fingerprint density at radius 1 is 1.19 bits per heavy atom. The summed E-state index contributed by atoms with van der Waals surface area (Å²) in [6, 6.07) is 0. The van der Waals surface area contributed by atoms with Crippen molar-refractivity contribution in [2.45, 2.75) is 33.1 Å². The minimum Gasteiger partial charge on any atom is -0.396 e. The van der Waals surface area contributed by atoms with Gasteiger partial charge in [-0.2, -0.15) is 0 Å². The topological polar surface area (TPSA) is 74.6 Å². The second kappa shape index (κ2) is 6.57. The third-order valence-electron chi connectivity index (χ3n) is 2.73. The first-order valence-electron chi connectivity index (χ1n) is 5.64. The van der Waals surface area contributed by atoms with E-state index in [0.717, 1.165) is 0 Å². The number of sulfone groups is 1. The predicted molar refractivity (Wildman–Crippen MR) is 65.0 cm³/mol. The Morgan fingerprint density at radius 2 is 1.69 bits per heavy atom. The molecule has 98 valence electrons. The molecule has 2 N–H and O–H groups in total. The van der Waals surface area contributed by atoms with Crippen LogP contribution in [-0.2, 0) is 9.84 Å². The van der Waals surface area contributed by atoms with E-state index in [-0.39, 0.29) is 19.0 Å². The Balaban J connectivity index is 4.33. The highest BCUT2D eigenvalue weighted by atomic mass is 32.2. The third kappa shape index (κ3) is 6.45.